The SMILES string of the molecule is CCN(c1ccc(C(=O)NCCSCc2ccccc2)cc1)S(=O)(=O)c1ccc(SC)cc1. The van der Waals surface area contributed by atoms with Crippen LogP contribution < -0.4 is 9.62 Å². The molecule has 0 heterocycles. The monoisotopic (exact) mass is 500 g/mol. The Bertz CT molecular complexity index is 1130. The first-order valence-corrected chi connectivity index (χ1v) is 14.4. The Morgan fingerprint density at radius 1 is 0.939 bits per heavy atom. The fraction of sp³-hybridized carbons (Fsp3) is 0.240. The van der Waals surface area contributed by atoms with Crippen LogP contribution in [0.5, 0.6) is 0 Å². The number of nitrogens with zero attached hydrogens (tertiary/aromatic N) is 1. The van der Waals surface area contributed by atoms with E-state index in [1.165, 1.54) is 9.87 Å². The van der Waals surface area contributed by atoms with Crippen molar-refractivity contribution in [2.75, 3.05) is 29.4 Å². The van der Waals surface area contributed by atoms with E-state index in [4.69, 9.17) is 0 Å². The molecule has 0 aromatic heterocycles. The summed E-state index contributed by atoms with van der Waals surface area (Å²) in [5.41, 5.74) is 2.30. The van der Waals surface area contributed by atoms with E-state index >= 15 is 0 Å². The molecule has 0 fully saturated rings. The summed E-state index contributed by atoms with van der Waals surface area (Å²) < 4.78 is 27.6. The predicted octanol–water partition coefficient (Wildman–Crippen LogP) is 5.29. The zero-order chi connectivity index (χ0) is 23.7. The molecule has 0 atom stereocenters. The summed E-state index contributed by atoms with van der Waals surface area (Å²) in [6.07, 6.45) is 1.95. The van der Waals surface area contributed by atoms with Gasteiger partial charge in [0.15, 0.2) is 0 Å². The minimum Gasteiger partial charge on any atom is -0.351 e. The summed E-state index contributed by atoms with van der Waals surface area (Å²) in [5.74, 6) is 1.56. The molecule has 5 nitrogen and oxygen atoms in total. The molecule has 0 radical (unpaired) electrons. The highest BCUT2D eigenvalue weighted by atomic mass is 32.2. The Kier molecular flexibility index (Phi) is 9.29. The van der Waals surface area contributed by atoms with E-state index in [2.05, 4.69) is 17.4 Å². The first kappa shape index (κ1) is 25.2. The molecule has 3 rings (SSSR count). The van der Waals surface area contributed by atoms with Crippen molar-refractivity contribution in [2.24, 2.45) is 0 Å². The molecule has 0 bridgehead atoms. The fourth-order valence-corrected chi connectivity index (χ4v) is 5.95. The third kappa shape index (κ3) is 6.79. The summed E-state index contributed by atoms with van der Waals surface area (Å²) in [4.78, 5) is 13.7. The molecule has 1 N–H and O–H groups in total. The van der Waals surface area contributed by atoms with Gasteiger partial charge >= 0.3 is 0 Å². The number of carbonyl (C=O) groups is 1. The molecular formula is C25H28N2O3S3. The zero-order valence-corrected chi connectivity index (χ0v) is 21.2. The van der Waals surface area contributed by atoms with Crippen molar-refractivity contribution in [1.82, 2.24) is 5.32 Å². The van der Waals surface area contributed by atoms with Crippen molar-refractivity contribution >= 4 is 45.1 Å². The Labute approximate surface area is 205 Å². The molecule has 0 spiro atoms. The third-order valence-electron chi connectivity index (χ3n) is 5.00. The van der Waals surface area contributed by atoms with Crippen molar-refractivity contribution in [1.29, 1.82) is 0 Å². The van der Waals surface area contributed by atoms with Gasteiger partial charge in [0.25, 0.3) is 15.9 Å². The molecule has 3 aromatic rings. The van der Waals surface area contributed by atoms with Crippen LogP contribution in [0.1, 0.15) is 22.8 Å². The number of sulfonamides is 1. The molecule has 3 aromatic carbocycles. The summed E-state index contributed by atoms with van der Waals surface area (Å²) in [6, 6.07) is 23.8. The average Bonchev–Trinajstić information content (AvgIpc) is 2.85. The third-order valence-corrected chi connectivity index (χ3v) is 8.69. The van der Waals surface area contributed by atoms with E-state index in [1.807, 2.05) is 24.5 Å². The Morgan fingerprint density at radius 3 is 2.21 bits per heavy atom. The van der Waals surface area contributed by atoms with Gasteiger partial charge in [-0.05, 0) is 67.3 Å². The topological polar surface area (TPSA) is 66.5 Å². The van der Waals surface area contributed by atoms with Gasteiger partial charge in [0, 0.05) is 35.1 Å². The van der Waals surface area contributed by atoms with E-state index in [0.717, 1.165) is 16.4 Å². The molecule has 33 heavy (non-hydrogen) atoms. The van der Waals surface area contributed by atoms with Crippen LogP contribution in [0.15, 0.2) is 88.7 Å². The number of hydrogen-bond donors (Lipinski definition) is 1. The second-order valence-corrected chi connectivity index (χ2v) is 11.0. The van der Waals surface area contributed by atoms with Gasteiger partial charge < -0.3 is 5.32 Å². The van der Waals surface area contributed by atoms with E-state index < -0.39 is 10.0 Å². The van der Waals surface area contributed by atoms with Gasteiger partial charge in [-0.25, -0.2) is 8.42 Å². The smallest absolute Gasteiger partial charge is 0.264 e. The average molecular weight is 501 g/mol. The van der Waals surface area contributed by atoms with Crippen LogP contribution in [0.25, 0.3) is 0 Å². The number of carbonyl (C=O) groups excluding carboxylic acids is 1. The van der Waals surface area contributed by atoms with Gasteiger partial charge in [0.1, 0.15) is 0 Å². The van der Waals surface area contributed by atoms with Crippen LogP contribution in [-0.4, -0.2) is 39.4 Å². The van der Waals surface area contributed by atoms with Gasteiger partial charge in [-0.1, -0.05) is 30.3 Å². The highest BCUT2D eigenvalue weighted by molar-refractivity contribution is 7.98. The van der Waals surface area contributed by atoms with E-state index in [0.29, 0.717) is 17.8 Å². The number of benzene rings is 3. The van der Waals surface area contributed by atoms with Crippen molar-refractivity contribution in [3.63, 3.8) is 0 Å². The first-order chi connectivity index (χ1) is 16.0. The molecule has 0 aliphatic heterocycles. The molecular weight excluding hydrogens is 472 g/mol. The van der Waals surface area contributed by atoms with Crippen LogP contribution in [0.2, 0.25) is 0 Å². The second kappa shape index (κ2) is 12.2. The van der Waals surface area contributed by atoms with Crippen LogP contribution in [0.4, 0.5) is 5.69 Å². The van der Waals surface area contributed by atoms with Crippen molar-refractivity contribution in [3.8, 4) is 0 Å². The Balaban J connectivity index is 1.57. The summed E-state index contributed by atoms with van der Waals surface area (Å²) in [6.45, 7) is 2.65. The van der Waals surface area contributed by atoms with Crippen LogP contribution >= 0.6 is 23.5 Å². The maximum Gasteiger partial charge on any atom is 0.264 e. The summed E-state index contributed by atoms with van der Waals surface area (Å²) >= 11 is 3.33. The standard InChI is InChI=1S/C25H28N2O3S3/c1-3-27(33(29,30)24-15-13-23(31-2)14-16-24)22-11-9-21(10-12-22)25(28)26-17-18-32-19-20-7-5-4-6-8-20/h4-16H,3,17-19H2,1-2H3,(H,26,28). The van der Waals surface area contributed by atoms with Crippen molar-refractivity contribution < 1.29 is 13.2 Å². The number of nitrogens with one attached hydrogen (secondary N) is 1. The molecule has 0 aliphatic rings. The largest absolute Gasteiger partial charge is 0.351 e. The lowest BCUT2D eigenvalue weighted by Crippen LogP contribution is -2.31. The Morgan fingerprint density at radius 2 is 1.61 bits per heavy atom. The highest BCUT2D eigenvalue weighted by Crippen LogP contribution is 2.25. The lowest BCUT2D eigenvalue weighted by molar-refractivity contribution is 0.0956. The fourth-order valence-electron chi connectivity index (χ4n) is 3.25. The zero-order valence-electron chi connectivity index (χ0n) is 18.7. The molecule has 8 heteroatoms. The highest BCUT2D eigenvalue weighted by Gasteiger charge is 2.23. The maximum absolute atomic E-state index is 13.1. The first-order valence-electron chi connectivity index (χ1n) is 10.6. The van der Waals surface area contributed by atoms with Gasteiger partial charge in [0.05, 0.1) is 10.6 Å². The van der Waals surface area contributed by atoms with Gasteiger partial charge in [0.2, 0.25) is 0 Å². The van der Waals surface area contributed by atoms with Crippen LogP contribution in [0, 0.1) is 0 Å². The maximum atomic E-state index is 13.1. The number of amides is 1. The van der Waals surface area contributed by atoms with E-state index in [-0.39, 0.29) is 17.3 Å². The lowest BCUT2D eigenvalue weighted by atomic mass is 10.2. The van der Waals surface area contributed by atoms with Crippen LogP contribution in [-0.2, 0) is 15.8 Å². The van der Waals surface area contributed by atoms with Gasteiger partial charge in [-0.3, -0.25) is 9.10 Å². The minimum atomic E-state index is -3.68. The quantitative estimate of drug-likeness (QED) is 0.286. The summed E-state index contributed by atoms with van der Waals surface area (Å²) in [7, 11) is -3.68. The van der Waals surface area contributed by atoms with Gasteiger partial charge in [-0.15, -0.1) is 11.8 Å². The normalized spacial score (nSPS) is 11.2. The van der Waals surface area contributed by atoms with Crippen LogP contribution in [0.3, 0.4) is 0 Å². The Hall–Kier alpha value is -2.42. The molecule has 1 amide bonds. The molecule has 174 valence electrons. The molecule has 0 unspecified atom stereocenters. The van der Waals surface area contributed by atoms with Gasteiger partial charge in [-0.2, -0.15) is 11.8 Å². The number of hydrogen-bond acceptors (Lipinski definition) is 5. The predicted molar refractivity (Wildman–Crippen MR) is 140 cm³/mol. The summed E-state index contributed by atoms with van der Waals surface area (Å²) in [5, 5.41) is 2.92. The number of thioether (sulfide) groups is 2. The lowest BCUT2D eigenvalue weighted by Gasteiger charge is -2.23. The number of anilines is 1. The molecule has 0 saturated carbocycles. The van der Waals surface area contributed by atoms with Crippen molar-refractivity contribution in [3.05, 3.63) is 90.0 Å². The van der Waals surface area contributed by atoms with E-state index in [9.17, 15) is 13.2 Å². The second-order valence-electron chi connectivity index (χ2n) is 7.19. The minimum absolute atomic E-state index is 0.166. The van der Waals surface area contributed by atoms with E-state index in [1.54, 1.807) is 79.0 Å². The number of rotatable bonds is 11. The molecule has 0 saturated heterocycles. The van der Waals surface area contributed by atoms with Crippen molar-refractivity contribution in [2.45, 2.75) is 22.5 Å². The molecule has 0 aliphatic carbocycles.